The number of fused-ring (bicyclic) bond motifs is 2. The van der Waals surface area contributed by atoms with Gasteiger partial charge in [-0.1, -0.05) is 72.8 Å². The normalized spacial score (nSPS) is 14.4. The fourth-order valence-corrected chi connectivity index (χ4v) is 7.37. The number of benzene rings is 3. The van der Waals surface area contributed by atoms with Crippen LogP contribution in [-0.2, 0) is 0 Å². The van der Waals surface area contributed by atoms with Crippen molar-refractivity contribution < 1.29 is 8.84 Å². The average Bonchev–Trinajstić information content (AvgIpc) is 2.85. The van der Waals surface area contributed by atoms with Gasteiger partial charge in [-0.05, 0) is 26.0 Å². The van der Waals surface area contributed by atoms with Crippen LogP contribution in [0.5, 0.6) is 5.75 Å². The number of aliphatic imine (C=N–C) groups is 1. The second-order valence-corrected chi connectivity index (χ2v) is 10.7. The molecule has 2 heterocycles. The van der Waals surface area contributed by atoms with Crippen LogP contribution in [0.4, 0.5) is 11.4 Å². The van der Waals surface area contributed by atoms with Gasteiger partial charge in [-0.3, -0.25) is 4.99 Å². The van der Waals surface area contributed by atoms with Gasteiger partial charge < -0.3 is 13.8 Å². The molecule has 1 aromatic heterocycles. The third-order valence-corrected chi connectivity index (χ3v) is 8.97. The smallest absolute Gasteiger partial charge is 0.426 e. The SMILES string of the molecule is CC1=Nc2ccccc2N[Si](c2ccccc2)(c2ccccc2)Oc2cc(C)oc(=O)c21. The summed E-state index contributed by atoms with van der Waals surface area (Å²) < 4.78 is 12.4. The summed E-state index contributed by atoms with van der Waals surface area (Å²) in [5, 5.41) is 2.05. The van der Waals surface area contributed by atoms with Gasteiger partial charge in [0.25, 0.3) is 0 Å². The maximum absolute atomic E-state index is 12.9. The minimum atomic E-state index is -3.13. The van der Waals surface area contributed by atoms with E-state index in [9.17, 15) is 4.79 Å². The highest BCUT2D eigenvalue weighted by molar-refractivity contribution is 7.00. The van der Waals surface area contributed by atoms with Crippen LogP contribution >= 0.6 is 0 Å². The number of nitrogens with one attached hydrogen (secondary N) is 1. The van der Waals surface area contributed by atoms with E-state index in [-0.39, 0.29) is 0 Å². The Morgan fingerprint density at radius 1 is 0.812 bits per heavy atom. The van der Waals surface area contributed by atoms with E-state index in [1.54, 1.807) is 13.0 Å². The van der Waals surface area contributed by atoms with Crippen molar-refractivity contribution >= 4 is 35.9 Å². The van der Waals surface area contributed by atoms with Crippen molar-refractivity contribution in [3.05, 3.63) is 113 Å². The highest BCUT2D eigenvalue weighted by Gasteiger charge is 2.45. The molecule has 32 heavy (non-hydrogen) atoms. The summed E-state index contributed by atoms with van der Waals surface area (Å²) in [6.45, 7) is 3.56. The number of nitrogens with zero attached hydrogens (tertiary/aromatic N) is 1. The van der Waals surface area contributed by atoms with Crippen molar-refractivity contribution in [3.8, 4) is 5.75 Å². The van der Waals surface area contributed by atoms with Crippen LogP contribution in [0.25, 0.3) is 0 Å². The summed E-state index contributed by atoms with van der Waals surface area (Å²) in [6, 6.07) is 29.9. The summed E-state index contributed by atoms with van der Waals surface area (Å²) >= 11 is 0. The predicted octanol–water partition coefficient (Wildman–Crippen LogP) is 4.15. The molecule has 0 unspecified atom stereocenters. The Kier molecular flexibility index (Phi) is 4.99. The molecule has 1 aliphatic heterocycles. The Morgan fingerprint density at radius 3 is 2.06 bits per heavy atom. The molecule has 0 aliphatic carbocycles. The van der Waals surface area contributed by atoms with E-state index < -0.39 is 14.1 Å². The van der Waals surface area contributed by atoms with Crippen LogP contribution in [0, 0.1) is 6.92 Å². The van der Waals surface area contributed by atoms with E-state index in [1.165, 1.54) is 0 Å². The zero-order chi connectivity index (χ0) is 22.1. The third kappa shape index (κ3) is 3.44. The molecule has 3 aromatic carbocycles. The number of hydrogen-bond donors (Lipinski definition) is 1. The summed E-state index contributed by atoms with van der Waals surface area (Å²) in [5.41, 5.74) is 2.03. The Balaban J connectivity index is 1.89. The van der Waals surface area contributed by atoms with Gasteiger partial charge >= 0.3 is 14.1 Å². The number of rotatable bonds is 2. The number of aryl methyl sites for hydroxylation is 1. The molecule has 0 atom stereocenters. The first-order valence-electron chi connectivity index (χ1n) is 10.4. The molecule has 5 nitrogen and oxygen atoms in total. The molecule has 0 bridgehead atoms. The molecule has 0 saturated heterocycles. The van der Waals surface area contributed by atoms with E-state index in [1.807, 2.05) is 67.6 Å². The molecular formula is C26H22N2O3Si. The third-order valence-electron chi connectivity index (χ3n) is 5.53. The Labute approximate surface area is 187 Å². The lowest BCUT2D eigenvalue weighted by Crippen LogP contribution is -2.69. The van der Waals surface area contributed by atoms with Gasteiger partial charge in [0, 0.05) is 16.4 Å². The summed E-state index contributed by atoms with van der Waals surface area (Å²) in [6.07, 6.45) is 0. The van der Waals surface area contributed by atoms with E-state index in [0.29, 0.717) is 22.8 Å². The van der Waals surface area contributed by atoms with Gasteiger partial charge in [-0.25, -0.2) is 4.79 Å². The Hall–Kier alpha value is -3.90. The lowest BCUT2D eigenvalue weighted by molar-refractivity contribution is 0.462. The number of para-hydroxylation sites is 2. The van der Waals surface area contributed by atoms with Crippen LogP contribution in [0.3, 0.4) is 0 Å². The summed E-state index contributed by atoms with van der Waals surface area (Å²) in [4.78, 5) is 21.5. The lowest BCUT2D eigenvalue weighted by Gasteiger charge is -2.34. The van der Waals surface area contributed by atoms with Crippen molar-refractivity contribution in [1.29, 1.82) is 0 Å². The highest BCUT2D eigenvalue weighted by atomic mass is 28.4. The number of hydrogen-bond acceptors (Lipinski definition) is 5. The molecule has 158 valence electrons. The Morgan fingerprint density at radius 2 is 1.41 bits per heavy atom. The van der Waals surface area contributed by atoms with Crippen molar-refractivity contribution in [2.24, 2.45) is 4.99 Å². The second-order valence-electron chi connectivity index (χ2n) is 7.74. The van der Waals surface area contributed by atoms with Crippen LogP contribution in [0.15, 0.2) is 105 Å². The van der Waals surface area contributed by atoms with Gasteiger partial charge in [-0.2, -0.15) is 0 Å². The van der Waals surface area contributed by atoms with Gasteiger partial charge in [-0.15, -0.1) is 0 Å². The number of anilines is 1. The molecule has 0 fully saturated rings. The van der Waals surface area contributed by atoms with E-state index in [0.717, 1.165) is 21.7 Å². The zero-order valence-electron chi connectivity index (χ0n) is 17.8. The lowest BCUT2D eigenvalue weighted by atomic mass is 10.1. The van der Waals surface area contributed by atoms with Crippen molar-refractivity contribution in [3.63, 3.8) is 0 Å². The van der Waals surface area contributed by atoms with Crippen molar-refractivity contribution in [1.82, 2.24) is 0 Å². The topological polar surface area (TPSA) is 63.8 Å². The highest BCUT2D eigenvalue weighted by Crippen LogP contribution is 2.32. The van der Waals surface area contributed by atoms with E-state index in [2.05, 4.69) is 29.2 Å². The molecule has 0 amide bonds. The molecule has 6 heteroatoms. The van der Waals surface area contributed by atoms with Gasteiger partial charge in [0.1, 0.15) is 17.1 Å². The first-order valence-corrected chi connectivity index (χ1v) is 12.4. The first kappa shape index (κ1) is 20.0. The molecular weight excluding hydrogens is 416 g/mol. The van der Waals surface area contributed by atoms with Crippen LogP contribution in [0.1, 0.15) is 18.2 Å². The quantitative estimate of drug-likeness (QED) is 0.478. The minimum absolute atomic E-state index is 0.345. The molecule has 5 rings (SSSR count). The molecule has 0 spiro atoms. The largest absolute Gasteiger partial charge is 0.517 e. The van der Waals surface area contributed by atoms with Crippen LogP contribution in [-0.4, -0.2) is 14.2 Å². The molecule has 0 radical (unpaired) electrons. The standard InChI is InChI=1S/C26H22N2O3Si/c1-18-17-24-25(26(29)30-18)19(2)27-22-15-9-10-16-23(22)28-32(31-24,20-11-5-3-6-12-20)21-13-7-4-8-14-21/h3-17,28H,1-2H3. The van der Waals surface area contributed by atoms with Crippen LogP contribution < -0.4 is 25.4 Å². The molecule has 1 N–H and O–H groups in total. The molecule has 0 saturated carbocycles. The van der Waals surface area contributed by atoms with E-state index >= 15 is 0 Å². The summed E-state index contributed by atoms with van der Waals surface area (Å²) in [5.74, 6) is 0.960. The predicted molar refractivity (Wildman–Crippen MR) is 130 cm³/mol. The minimum Gasteiger partial charge on any atom is -0.517 e. The fourth-order valence-electron chi connectivity index (χ4n) is 4.06. The zero-order valence-corrected chi connectivity index (χ0v) is 18.8. The van der Waals surface area contributed by atoms with Crippen molar-refractivity contribution in [2.45, 2.75) is 13.8 Å². The van der Waals surface area contributed by atoms with Crippen molar-refractivity contribution in [2.75, 3.05) is 4.98 Å². The maximum atomic E-state index is 12.9. The van der Waals surface area contributed by atoms with Gasteiger partial charge in [0.15, 0.2) is 0 Å². The van der Waals surface area contributed by atoms with Gasteiger partial charge in [0.05, 0.1) is 17.1 Å². The monoisotopic (exact) mass is 438 g/mol. The molecule has 4 aromatic rings. The second kappa shape index (κ2) is 7.98. The molecule has 1 aliphatic rings. The van der Waals surface area contributed by atoms with Gasteiger partial charge in [0.2, 0.25) is 0 Å². The van der Waals surface area contributed by atoms with Crippen LogP contribution in [0.2, 0.25) is 0 Å². The van der Waals surface area contributed by atoms with E-state index in [4.69, 9.17) is 13.8 Å². The summed E-state index contributed by atoms with van der Waals surface area (Å²) in [7, 11) is -3.13. The Bertz CT molecular complexity index is 1330. The average molecular weight is 439 g/mol. The fraction of sp³-hybridized carbons (Fsp3) is 0.0769. The first-order chi connectivity index (χ1) is 15.6. The maximum Gasteiger partial charge on any atom is 0.426 e.